The predicted molar refractivity (Wildman–Crippen MR) is 69.4 cm³/mol. The summed E-state index contributed by atoms with van der Waals surface area (Å²) in [6, 6.07) is 3.55. The van der Waals surface area contributed by atoms with E-state index in [9.17, 15) is 13.2 Å². The zero-order chi connectivity index (χ0) is 13.3. The molecule has 0 bridgehead atoms. The summed E-state index contributed by atoms with van der Waals surface area (Å²) in [5.74, 6) is 0.828. The molecule has 1 aliphatic rings. The SMILES string of the molecule is CC1CSC(Nc2cc(Cl)cc(C(F)(F)F)c2)=N1. The highest BCUT2D eigenvalue weighted by atomic mass is 35.5. The summed E-state index contributed by atoms with van der Waals surface area (Å²) in [7, 11) is 0. The summed E-state index contributed by atoms with van der Waals surface area (Å²) in [5, 5.41) is 3.52. The van der Waals surface area contributed by atoms with Crippen molar-refractivity contribution in [2.75, 3.05) is 11.1 Å². The van der Waals surface area contributed by atoms with Crippen LogP contribution in [-0.4, -0.2) is 17.0 Å². The lowest BCUT2D eigenvalue weighted by Crippen LogP contribution is -2.09. The molecule has 7 heteroatoms. The van der Waals surface area contributed by atoms with Crippen molar-refractivity contribution in [2.24, 2.45) is 4.99 Å². The van der Waals surface area contributed by atoms with Crippen molar-refractivity contribution in [3.63, 3.8) is 0 Å². The lowest BCUT2D eigenvalue weighted by Gasteiger charge is -2.11. The standard InChI is InChI=1S/C11H10ClF3N2S/c1-6-5-18-10(16-6)17-9-3-7(11(13,14)15)2-8(12)4-9/h2-4,6H,5H2,1H3,(H,16,17). The number of hydrogen-bond acceptors (Lipinski definition) is 3. The van der Waals surface area contributed by atoms with Gasteiger partial charge in [-0.2, -0.15) is 13.2 Å². The van der Waals surface area contributed by atoms with E-state index in [4.69, 9.17) is 11.6 Å². The van der Waals surface area contributed by atoms with Crippen LogP contribution in [0.4, 0.5) is 18.9 Å². The molecule has 18 heavy (non-hydrogen) atoms. The zero-order valence-electron chi connectivity index (χ0n) is 9.38. The molecule has 1 atom stereocenters. The number of hydrogen-bond donors (Lipinski definition) is 1. The molecular formula is C11H10ClF3N2S. The highest BCUT2D eigenvalue weighted by molar-refractivity contribution is 8.14. The number of nitrogens with zero attached hydrogens (tertiary/aromatic N) is 1. The molecule has 0 radical (unpaired) electrons. The third-order valence-corrected chi connectivity index (χ3v) is 3.62. The molecule has 1 aliphatic heterocycles. The van der Waals surface area contributed by atoms with E-state index in [0.717, 1.165) is 17.9 Å². The molecule has 98 valence electrons. The number of rotatable bonds is 1. The summed E-state index contributed by atoms with van der Waals surface area (Å²) < 4.78 is 37.8. The Hall–Kier alpha value is -0.880. The van der Waals surface area contributed by atoms with Crippen LogP contribution in [-0.2, 0) is 6.18 Å². The first-order valence-corrected chi connectivity index (χ1v) is 6.56. The molecule has 0 fully saturated rings. The molecule has 1 heterocycles. The number of halogens is 4. The number of amidine groups is 1. The minimum absolute atomic E-state index is 0.0453. The van der Waals surface area contributed by atoms with Crippen molar-refractivity contribution in [1.82, 2.24) is 0 Å². The molecule has 0 aliphatic carbocycles. The first kappa shape index (κ1) is 13.5. The molecule has 0 aromatic heterocycles. The molecule has 2 nitrogen and oxygen atoms in total. The van der Waals surface area contributed by atoms with Gasteiger partial charge in [0, 0.05) is 16.5 Å². The van der Waals surface area contributed by atoms with Crippen molar-refractivity contribution < 1.29 is 13.2 Å². The third kappa shape index (κ3) is 3.32. The predicted octanol–water partition coefficient (Wildman–Crippen LogP) is 4.26. The lowest BCUT2D eigenvalue weighted by atomic mass is 10.2. The fourth-order valence-electron chi connectivity index (χ4n) is 1.49. The second-order valence-corrected chi connectivity index (χ2v) is 5.39. The largest absolute Gasteiger partial charge is 0.416 e. The maximum atomic E-state index is 12.6. The minimum Gasteiger partial charge on any atom is -0.335 e. The molecule has 1 N–H and O–H groups in total. The minimum atomic E-state index is -4.40. The molecule has 0 saturated carbocycles. The molecule has 0 amide bonds. The van der Waals surface area contributed by atoms with Gasteiger partial charge < -0.3 is 5.32 Å². The molecule has 0 saturated heterocycles. The summed E-state index contributed by atoms with van der Waals surface area (Å²) in [6.45, 7) is 1.95. The van der Waals surface area contributed by atoms with Gasteiger partial charge in [-0.1, -0.05) is 23.4 Å². The van der Waals surface area contributed by atoms with Gasteiger partial charge >= 0.3 is 6.18 Å². The Morgan fingerprint density at radius 1 is 1.39 bits per heavy atom. The molecular weight excluding hydrogens is 285 g/mol. The van der Waals surface area contributed by atoms with E-state index < -0.39 is 11.7 Å². The Kier molecular flexibility index (Phi) is 3.77. The molecule has 1 unspecified atom stereocenters. The van der Waals surface area contributed by atoms with Crippen LogP contribution in [0.2, 0.25) is 5.02 Å². The fraction of sp³-hybridized carbons (Fsp3) is 0.364. The van der Waals surface area contributed by atoms with Crippen molar-refractivity contribution >= 4 is 34.2 Å². The second kappa shape index (κ2) is 5.01. The van der Waals surface area contributed by atoms with E-state index in [-0.39, 0.29) is 11.1 Å². The van der Waals surface area contributed by atoms with Gasteiger partial charge in [-0.05, 0) is 25.1 Å². The molecule has 1 aromatic carbocycles. The fourth-order valence-corrected chi connectivity index (χ4v) is 2.64. The van der Waals surface area contributed by atoms with Gasteiger partial charge in [0.2, 0.25) is 0 Å². The molecule has 0 spiro atoms. The maximum Gasteiger partial charge on any atom is 0.416 e. The number of thioether (sulfide) groups is 1. The topological polar surface area (TPSA) is 24.4 Å². The maximum absolute atomic E-state index is 12.6. The van der Waals surface area contributed by atoms with Gasteiger partial charge in [0.1, 0.15) is 0 Å². The summed E-state index contributed by atoms with van der Waals surface area (Å²) in [4.78, 5) is 4.25. The van der Waals surface area contributed by atoms with Crippen LogP contribution in [0.5, 0.6) is 0 Å². The quantitative estimate of drug-likeness (QED) is 0.837. The normalized spacial score (nSPS) is 19.8. The van der Waals surface area contributed by atoms with Crippen molar-refractivity contribution in [1.29, 1.82) is 0 Å². The van der Waals surface area contributed by atoms with Crippen molar-refractivity contribution in [3.05, 3.63) is 28.8 Å². The van der Waals surface area contributed by atoms with E-state index in [1.54, 1.807) is 0 Å². The second-order valence-electron chi connectivity index (χ2n) is 3.95. The Morgan fingerprint density at radius 3 is 2.67 bits per heavy atom. The van der Waals surface area contributed by atoms with Gasteiger partial charge in [-0.3, -0.25) is 4.99 Å². The third-order valence-electron chi connectivity index (χ3n) is 2.28. The Bertz CT molecular complexity index is 488. The highest BCUT2D eigenvalue weighted by Gasteiger charge is 2.31. The monoisotopic (exact) mass is 294 g/mol. The number of benzene rings is 1. The highest BCUT2D eigenvalue weighted by Crippen LogP contribution is 2.33. The molecule has 1 aromatic rings. The number of nitrogens with one attached hydrogen (secondary N) is 1. The van der Waals surface area contributed by atoms with Gasteiger partial charge in [0.15, 0.2) is 5.17 Å². The van der Waals surface area contributed by atoms with Gasteiger partial charge in [-0.15, -0.1) is 0 Å². The van der Waals surface area contributed by atoms with Crippen LogP contribution in [0.3, 0.4) is 0 Å². The summed E-state index contributed by atoms with van der Waals surface area (Å²) in [6.07, 6.45) is -4.40. The Labute approximate surface area is 112 Å². The van der Waals surface area contributed by atoms with Crippen LogP contribution in [0, 0.1) is 0 Å². The lowest BCUT2D eigenvalue weighted by molar-refractivity contribution is -0.137. The average molecular weight is 295 g/mol. The van der Waals surface area contributed by atoms with E-state index in [1.165, 1.54) is 17.8 Å². The summed E-state index contributed by atoms with van der Waals surface area (Å²) >= 11 is 7.16. The van der Waals surface area contributed by atoms with Crippen LogP contribution >= 0.6 is 23.4 Å². The first-order valence-electron chi connectivity index (χ1n) is 5.20. The Balaban J connectivity index is 2.23. The smallest absolute Gasteiger partial charge is 0.335 e. The van der Waals surface area contributed by atoms with Crippen LogP contribution in [0.15, 0.2) is 23.2 Å². The van der Waals surface area contributed by atoms with E-state index in [0.29, 0.717) is 10.9 Å². The van der Waals surface area contributed by atoms with E-state index in [1.807, 2.05) is 6.92 Å². The van der Waals surface area contributed by atoms with E-state index >= 15 is 0 Å². The van der Waals surface area contributed by atoms with Crippen LogP contribution in [0.1, 0.15) is 12.5 Å². The zero-order valence-corrected chi connectivity index (χ0v) is 11.0. The van der Waals surface area contributed by atoms with Gasteiger partial charge in [0.05, 0.1) is 11.6 Å². The first-order chi connectivity index (χ1) is 8.34. The van der Waals surface area contributed by atoms with Crippen LogP contribution in [0.25, 0.3) is 0 Å². The van der Waals surface area contributed by atoms with Crippen molar-refractivity contribution in [2.45, 2.75) is 19.1 Å². The number of aliphatic imine (C=N–C) groups is 1. The molecule has 2 rings (SSSR count). The number of alkyl halides is 3. The summed E-state index contributed by atoms with van der Waals surface area (Å²) in [5.41, 5.74) is -0.468. The Morgan fingerprint density at radius 2 is 2.11 bits per heavy atom. The van der Waals surface area contributed by atoms with Crippen molar-refractivity contribution in [3.8, 4) is 0 Å². The van der Waals surface area contributed by atoms with Gasteiger partial charge in [0.25, 0.3) is 0 Å². The average Bonchev–Trinajstić information content (AvgIpc) is 2.61. The van der Waals surface area contributed by atoms with E-state index in [2.05, 4.69) is 10.3 Å². The number of anilines is 1. The van der Waals surface area contributed by atoms with Gasteiger partial charge in [-0.25, -0.2) is 0 Å². The van der Waals surface area contributed by atoms with Crippen LogP contribution < -0.4 is 5.32 Å².